The highest BCUT2D eigenvalue weighted by Gasteiger charge is 2.36. The molecule has 1 N–H and O–H groups in total. The van der Waals surface area contributed by atoms with Crippen LogP contribution in [0.15, 0.2) is 11.6 Å². The summed E-state index contributed by atoms with van der Waals surface area (Å²) in [6.07, 6.45) is 3.96. The molecular weight excluding hydrogens is 216 g/mol. The van der Waals surface area contributed by atoms with Crippen LogP contribution in [0.2, 0.25) is 18.1 Å². The van der Waals surface area contributed by atoms with Gasteiger partial charge in [-0.15, -0.1) is 0 Å². The van der Waals surface area contributed by atoms with Crippen LogP contribution < -0.4 is 0 Å². The van der Waals surface area contributed by atoms with Crippen LogP contribution in [-0.2, 0) is 4.43 Å². The van der Waals surface area contributed by atoms with Crippen molar-refractivity contribution in [3.8, 4) is 0 Å². The van der Waals surface area contributed by atoms with Gasteiger partial charge in [-0.3, -0.25) is 0 Å². The molecule has 16 heavy (non-hydrogen) atoms. The number of unbranched alkanes of at least 4 members (excludes halogenated alkanes) is 1. The molecule has 0 radical (unpaired) electrons. The molecule has 0 saturated carbocycles. The van der Waals surface area contributed by atoms with E-state index in [-0.39, 0.29) is 11.6 Å². The first-order valence-electron chi connectivity index (χ1n) is 6.11. The summed E-state index contributed by atoms with van der Waals surface area (Å²) in [5, 5.41) is 8.97. The van der Waals surface area contributed by atoms with Crippen LogP contribution in [0.4, 0.5) is 0 Å². The lowest BCUT2D eigenvalue weighted by atomic mass is 10.2. The van der Waals surface area contributed by atoms with Crippen molar-refractivity contribution in [3.63, 3.8) is 0 Å². The molecule has 0 aromatic rings. The molecule has 0 aliphatic heterocycles. The summed E-state index contributed by atoms with van der Waals surface area (Å²) in [5.74, 6) is 0. The Morgan fingerprint density at radius 1 is 1.31 bits per heavy atom. The predicted octanol–water partition coefficient (Wildman–Crippen LogP) is 3.73. The lowest BCUT2D eigenvalue weighted by molar-refractivity contribution is 0.289. The largest absolute Gasteiger partial charge is 0.413 e. The molecule has 0 amide bonds. The maximum atomic E-state index is 8.69. The normalized spacial score (nSPS) is 14.3. The molecule has 0 unspecified atom stereocenters. The molecule has 0 heterocycles. The maximum absolute atomic E-state index is 8.69. The monoisotopic (exact) mass is 244 g/mol. The van der Waals surface area contributed by atoms with E-state index in [0.717, 1.165) is 19.4 Å². The highest BCUT2D eigenvalue weighted by atomic mass is 28.4. The van der Waals surface area contributed by atoms with Crippen LogP contribution in [0.1, 0.15) is 40.5 Å². The second-order valence-corrected chi connectivity index (χ2v) is 10.8. The number of aliphatic hydroxyl groups is 1. The Morgan fingerprint density at radius 3 is 2.31 bits per heavy atom. The SMILES string of the molecule is C/C(=C\CCCO)CO[Si](C)(C)C(C)(C)C. The summed E-state index contributed by atoms with van der Waals surface area (Å²) >= 11 is 0. The minimum atomic E-state index is -1.61. The molecule has 0 aromatic carbocycles. The highest BCUT2D eigenvalue weighted by molar-refractivity contribution is 6.74. The van der Waals surface area contributed by atoms with Gasteiger partial charge in [-0.25, -0.2) is 0 Å². The third-order valence-corrected chi connectivity index (χ3v) is 7.80. The Labute approximate surface area is 102 Å². The lowest BCUT2D eigenvalue weighted by Gasteiger charge is -2.36. The molecule has 2 nitrogen and oxygen atoms in total. The van der Waals surface area contributed by atoms with E-state index in [4.69, 9.17) is 9.53 Å². The highest BCUT2D eigenvalue weighted by Crippen LogP contribution is 2.36. The van der Waals surface area contributed by atoms with E-state index in [2.05, 4.69) is 46.9 Å². The third-order valence-electron chi connectivity index (χ3n) is 3.32. The second-order valence-electron chi connectivity index (χ2n) is 5.97. The molecule has 0 saturated heterocycles. The zero-order chi connectivity index (χ0) is 12.8. The minimum absolute atomic E-state index is 0.271. The fourth-order valence-electron chi connectivity index (χ4n) is 1.01. The van der Waals surface area contributed by atoms with Crippen molar-refractivity contribution in [2.24, 2.45) is 0 Å². The van der Waals surface area contributed by atoms with Crippen molar-refractivity contribution in [1.82, 2.24) is 0 Å². The Hall–Kier alpha value is -0.123. The zero-order valence-corrected chi connectivity index (χ0v) is 12.8. The quantitative estimate of drug-likeness (QED) is 0.438. The smallest absolute Gasteiger partial charge is 0.192 e. The van der Waals surface area contributed by atoms with E-state index in [0.29, 0.717) is 0 Å². The summed E-state index contributed by atoms with van der Waals surface area (Å²) in [7, 11) is -1.61. The molecule has 0 rings (SSSR count). The van der Waals surface area contributed by atoms with Crippen molar-refractivity contribution in [3.05, 3.63) is 11.6 Å². The van der Waals surface area contributed by atoms with Gasteiger partial charge in [-0.1, -0.05) is 32.4 Å². The summed E-state index contributed by atoms with van der Waals surface area (Å²) in [6.45, 7) is 14.4. The van der Waals surface area contributed by atoms with Gasteiger partial charge in [0.15, 0.2) is 8.32 Å². The number of allylic oxidation sites excluding steroid dienone is 1. The Bertz CT molecular complexity index is 227. The molecule has 96 valence electrons. The molecule has 0 aliphatic carbocycles. The van der Waals surface area contributed by atoms with Crippen molar-refractivity contribution in [1.29, 1.82) is 0 Å². The summed E-state index contributed by atoms with van der Waals surface area (Å²) in [6, 6.07) is 0. The van der Waals surface area contributed by atoms with E-state index in [1.807, 2.05) is 0 Å². The molecule has 0 atom stereocenters. The van der Waals surface area contributed by atoms with Crippen molar-refractivity contribution in [2.75, 3.05) is 13.2 Å². The van der Waals surface area contributed by atoms with E-state index >= 15 is 0 Å². The van der Waals surface area contributed by atoms with Crippen LogP contribution in [-0.4, -0.2) is 26.6 Å². The first-order valence-corrected chi connectivity index (χ1v) is 9.02. The Balaban J connectivity index is 4.09. The maximum Gasteiger partial charge on any atom is 0.192 e. The lowest BCUT2D eigenvalue weighted by Crippen LogP contribution is -2.41. The first-order chi connectivity index (χ1) is 7.20. The standard InChI is InChI=1S/C13H28O2Si/c1-12(9-7-8-10-14)11-15-16(5,6)13(2,3)4/h9,14H,7-8,10-11H2,1-6H3/b12-9+. The van der Waals surface area contributed by atoms with Gasteiger partial charge in [0.2, 0.25) is 0 Å². The summed E-state index contributed by atoms with van der Waals surface area (Å²) < 4.78 is 6.09. The second kappa shape index (κ2) is 6.57. The molecule has 0 spiro atoms. The van der Waals surface area contributed by atoms with Gasteiger partial charge in [0.05, 0.1) is 6.61 Å². The number of hydrogen-bond acceptors (Lipinski definition) is 2. The van der Waals surface area contributed by atoms with E-state index in [1.165, 1.54) is 5.57 Å². The topological polar surface area (TPSA) is 29.5 Å². The van der Waals surface area contributed by atoms with Gasteiger partial charge in [-0.05, 0) is 37.9 Å². The van der Waals surface area contributed by atoms with Crippen molar-refractivity contribution >= 4 is 8.32 Å². The van der Waals surface area contributed by atoms with Crippen molar-refractivity contribution < 1.29 is 9.53 Å². The molecule has 0 aliphatic rings. The van der Waals surface area contributed by atoms with Crippen LogP contribution in [0.3, 0.4) is 0 Å². The molecule has 3 heteroatoms. The fraction of sp³-hybridized carbons (Fsp3) is 0.846. The van der Waals surface area contributed by atoms with Gasteiger partial charge in [0.25, 0.3) is 0 Å². The van der Waals surface area contributed by atoms with E-state index in [1.54, 1.807) is 0 Å². The summed E-state index contributed by atoms with van der Waals surface area (Å²) in [5.41, 5.74) is 1.28. The van der Waals surface area contributed by atoms with Crippen LogP contribution in [0, 0.1) is 0 Å². The van der Waals surface area contributed by atoms with Crippen molar-refractivity contribution in [2.45, 2.75) is 58.7 Å². The third kappa shape index (κ3) is 5.82. The van der Waals surface area contributed by atoms with E-state index in [9.17, 15) is 0 Å². The minimum Gasteiger partial charge on any atom is -0.413 e. The molecular formula is C13H28O2Si. The van der Waals surface area contributed by atoms with Gasteiger partial charge >= 0.3 is 0 Å². The van der Waals surface area contributed by atoms with Gasteiger partial charge in [0.1, 0.15) is 0 Å². The molecule has 0 aromatic heterocycles. The predicted molar refractivity (Wildman–Crippen MR) is 73.2 cm³/mol. The number of rotatable bonds is 6. The van der Waals surface area contributed by atoms with Gasteiger partial charge in [0, 0.05) is 6.61 Å². The van der Waals surface area contributed by atoms with Gasteiger partial charge < -0.3 is 9.53 Å². The molecule has 0 bridgehead atoms. The molecule has 0 fully saturated rings. The van der Waals surface area contributed by atoms with E-state index < -0.39 is 8.32 Å². The average Bonchev–Trinajstić information content (AvgIpc) is 2.13. The Morgan fingerprint density at radius 2 is 1.88 bits per heavy atom. The average molecular weight is 244 g/mol. The van der Waals surface area contributed by atoms with Crippen LogP contribution in [0.25, 0.3) is 0 Å². The zero-order valence-electron chi connectivity index (χ0n) is 11.8. The number of hydrogen-bond donors (Lipinski definition) is 1. The van der Waals surface area contributed by atoms with Gasteiger partial charge in [-0.2, -0.15) is 0 Å². The first kappa shape index (κ1) is 15.9. The Kier molecular flexibility index (Phi) is 6.52. The number of aliphatic hydroxyl groups excluding tert-OH is 1. The summed E-state index contributed by atoms with van der Waals surface area (Å²) in [4.78, 5) is 0. The van der Waals surface area contributed by atoms with Crippen LogP contribution in [0.5, 0.6) is 0 Å². The fourth-order valence-corrected chi connectivity index (χ4v) is 2.03. The van der Waals surface area contributed by atoms with Crippen LogP contribution >= 0.6 is 0 Å².